The van der Waals surface area contributed by atoms with E-state index in [0.717, 1.165) is 6.61 Å². The lowest BCUT2D eigenvalue weighted by atomic mass is 10.5. The summed E-state index contributed by atoms with van der Waals surface area (Å²) < 4.78 is 16.7. The van der Waals surface area contributed by atoms with Crippen molar-refractivity contribution in [2.45, 2.75) is 149 Å². The fourth-order valence-electron chi connectivity index (χ4n) is 6.47. The van der Waals surface area contributed by atoms with E-state index in [1.54, 1.807) is 0 Å². The highest BCUT2D eigenvalue weighted by molar-refractivity contribution is 6.96. The first-order chi connectivity index (χ1) is 15.1. The molecule has 1 atom stereocenters. The SMILES string of the molecule is CCO[Si](C)(C)C(C)[Si](C)(C)O[Si](C)(C)CCCN([Si](CC)(CC)CC)[Si](CC)(CC)CC. The fourth-order valence-corrected chi connectivity index (χ4v) is 36.2. The Hall–Kier alpha value is 0.964. The molecule has 0 radical (unpaired) electrons. The van der Waals surface area contributed by atoms with Gasteiger partial charge in [0.1, 0.15) is 16.5 Å². The Bertz CT molecular complexity index is 512. The van der Waals surface area contributed by atoms with Crippen molar-refractivity contribution in [1.29, 1.82) is 0 Å². The van der Waals surface area contributed by atoms with E-state index in [1.165, 1.54) is 55.3 Å². The molecular formula is C25H63NO2Si5. The molecule has 8 heteroatoms. The Morgan fingerprint density at radius 3 is 1.36 bits per heavy atom. The number of nitrogens with zero attached hydrogens (tertiary/aromatic N) is 1. The second-order valence-corrected chi connectivity index (χ2v) is 36.6. The lowest BCUT2D eigenvalue weighted by Gasteiger charge is -2.52. The molecule has 0 saturated heterocycles. The monoisotopic (exact) mass is 549 g/mol. The van der Waals surface area contributed by atoms with Gasteiger partial charge in [0, 0.05) is 6.61 Å². The van der Waals surface area contributed by atoms with Crippen LogP contribution in [-0.2, 0) is 8.54 Å². The van der Waals surface area contributed by atoms with Crippen LogP contribution in [0.5, 0.6) is 0 Å². The van der Waals surface area contributed by atoms with E-state index in [0.29, 0.717) is 5.16 Å². The minimum Gasteiger partial charge on any atom is -0.455 e. The normalized spacial score (nSPS) is 15.4. The Balaban J connectivity index is 5.59. The lowest BCUT2D eigenvalue weighted by Crippen LogP contribution is -2.66. The van der Waals surface area contributed by atoms with Crippen LogP contribution in [0, 0.1) is 0 Å². The largest absolute Gasteiger partial charge is 0.455 e. The summed E-state index contributed by atoms with van der Waals surface area (Å²) in [5, 5.41) is 0.605. The predicted octanol–water partition coefficient (Wildman–Crippen LogP) is 9.29. The summed E-state index contributed by atoms with van der Waals surface area (Å²) >= 11 is 0. The van der Waals surface area contributed by atoms with Crippen molar-refractivity contribution in [3.63, 3.8) is 0 Å². The molecule has 0 bridgehead atoms. The van der Waals surface area contributed by atoms with E-state index < -0.39 is 41.4 Å². The third-order valence-electron chi connectivity index (χ3n) is 9.40. The van der Waals surface area contributed by atoms with Gasteiger partial charge in [0.05, 0.1) is 0 Å². The molecule has 1 unspecified atom stereocenters. The van der Waals surface area contributed by atoms with E-state index in [-0.39, 0.29) is 0 Å². The van der Waals surface area contributed by atoms with Gasteiger partial charge < -0.3 is 12.8 Å². The zero-order valence-corrected chi connectivity index (χ0v) is 30.4. The van der Waals surface area contributed by atoms with E-state index >= 15 is 0 Å². The van der Waals surface area contributed by atoms with Crippen LogP contribution < -0.4 is 0 Å². The molecule has 200 valence electrons. The van der Waals surface area contributed by atoms with E-state index in [9.17, 15) is 0 Å². The molecule has 0 aromatic heterocycles. The molecule has 0 saturated carbocycles. The fraction of sp³-hybridized carbons (Fsp3) is 1.00. The molecule has 0 heterocycles. The average molecular weight is 550 g/mol. The van der Waals surface area contributed by atoms with Gasteiger partial charge in [0.25, 0.3) is 0 Å². The van der Waals surface area contributed by atoms with Crippen LogP contribution in [0.15, 0.2) is 0 Å². The second-order valence-electron chi connectivity index (χ2n) is 12.0. The molecule has 0 aromatic rings. The molecule has 0 aliphatic carbocycles. The van der Waals surface area contributed by atoms with Crippen molar-refractivity contribution >= 4 is 41.4 Å². The number of rotatable bonds is 18. The first-order valence-corrected chi connectivity index (χ1v) is 28.5. The molecule has 0 fully saturated rings. The average Bonchev–Trinajstić information content (AvgIpc) is 2.75. The van der Waals surface area contributed by atoms with E-state index in [2.05, 4.69) is 98.9 Å². The summed E-state index contributed by atoms with van der Waals surface area (Å²) in [4.78, 5) is 0. The van der Waals surface area contributed by atoms with Crippen molar-refractivity contribution < 1.29 is 8.54 Å². The van der Waals surface area contributed by atoms with Gasteiger partial charge in [-0.25, -0.2) is 0 Å². The lowest BCUT2D eigenvalue weighted by molar-refractivity contribution is 0.324. The van der Waals surface area contributed by atoms with Crippen LogP contribution in [0.2, 0.25) is 86.8 Å². The number of hydrogen-bond acceptors (Lipinski definition) is 3. The predicted molar refractivity (Wildman–Crippen MR) is 165 cm³/mol. The standard InChI is InChI=1S/C25H63NO2Si5/c1-15-27-30(11,12)25(8)31(13,14)28-29(9,10)24-22-23-26(32(16-2,17-3)18-4)33(19-5,20-6)21-7/h25H,15-24H2,1-14H3. The third kappa shape index (κ3) is 8.79. The smallest absolute Gasteiger partial charge is 0.189 e. The summed E-state index contributed by atoms with van der Waals surface area (Å²) in [5.74, 6) is 0. The molecular weight excluding hydrogens is 487 g/mol. The first kappa shape index (κ1) is 34.0. The Morgan fingerprint density at radius 1 is 0.636 bits per heavy atom. The maximum absolute atomic E-state index is 7.17. The van der Waals surface area contributed by atoms with Gasteiger partial charge in [-0.05, 0) is 107 Å². The Labute approximate surface area is 215 Å². The minimum atomic E-state index is -1.80. The summed E-state index contributed by atoms with van der Waals surface area (Å²) in [6.07, 6.45) is 1.33. The van der Waals surface area contributed by atoms with Crippen molar-refractivity contribution in [3.05, 3.63) is 0 Å². The van der Waals surface area contributed by atoms with Crippen molar-refractivity contribution in [2.24, 2.45) is 0 Å². The van der Waals surface area contributed by atoms with Crippen LogP contribution in [0.3, 0.4) is 0 Å². The van der Waals surface area contributed by atoms with Crippen molar-refractivity contribution in [3.8, 4) is 0 Å². The topological polar surface area (TPSA) is 21.7 Å². The molecule has 0 aromatic carbocycles. The van der Waals surface area contributed by atoms with Gasteiger partial charge in [-0.2, -0.15) is 0 Å². The first-order valence-electron chi connectivity index (χ1n) is 14.2. The van der Waals surface area contributed by atoms with Gasteiger partial charge in [0.2, 0.25) is 0 Å². The van der Waals surface area contributed by atoms with E-state index in [4.69, 9.17) is 8.54 Å². The zero-order valence-electron chi connectivity index (χ0n) is 25.4. The highest BCUT2D eigenvalue weighted by atomic mass is 28.5. The highest BCUT2D eigenvalue weighted by Gasteiger charge is 2.47. The van der Waals surface area contributed by atoms with Gasteiger partial charge in [-0.3, -0.25) is 0 Å². The third-order valence-corrected chi connectivity index (χ3v) is 38.1. The highest BCUT2D eigenvalue weighted by Crippen LogP contribution is 2.38. The van der Waals surface area contributed by atoms with Crippen LogP contribution in [0.1, 0.15) is 61.8 Å². The number of hydrogen-bond donors (Lipinski definition) is 0. The van der Waals surface area contributed by atoms with Crippen LogP contribution in [0.25, 0.3) is 0 Å². The molecule has 0 rings (SSSR count). The maximum Gasteiger partial charge on any atom is 0.189 e. The van der Waals surface area contributed by atoms with Gasteiger partial charge >= 0.3 is 0 Å². The van der Waals surface area contributed by atoms with Gasteiger partial charge in [0.15, 0.2) is 25.0 Å². The van der Waals surface area contributed by atoms with Gasteiger partial charge in [-0.1, -0.05) is 48.5 Å². The molecule has 0 aliphatic rings. The summed E-state index contributed by atoms with van der Waals surface area (Å²) in [6.45, 7) is 36.4. The molecule has 3 nitrogen and oxygen atoms in total. The molecule has 0 spiro atoms. The van der Waals surface area contributed by atoms with Crippen molar-refractivity contribution in [1.82, 2.24) is 4.23 Å². The molecule has 0 amide bonds. The van der Waals surface area contributed by atoms with Crippen LogP contribution >= 0.6 is 0 Å². The maximum atomic E-state index is 7.17. The quantitative estimate of drug-likeness (QED) is 0.159. The van der Waals surface area contributed by atoms with Crippen LogP contribution in [0.4, 0.5) is 0 Å². The summed E-state index contributed by atoms with van der Waals surface area (Å²) in [5.41, 5.74) is 0. The molecule has 33 heavy (non-hydrogen) atoms. The van der Waals surface area contributed by atoms with Gasteiger partial charge in [-0.15, -0.1) is 0 Å². The summed E-state index contributed by atoms with van der Waals surface area (Å²) in [6, 6.07) is 9.80. The zero-order chi connectivity index (χ0) is 26.1. The summed E-state index contributed by atoms with van der Waals surface area (Å²) in [7, 11) is -7.98. The Kier molecular flexibility index (Phi) is 14.5. The van der Waals surface area contributed by atoms with E-state index in [1.807, 2.05) is 0 Å². The van der Waals surface area contributed by atoms with Crippen LogP contribution in [-0.4, -0.2) is 58.8 Å². The second kappa shape index (κ2) is 14.0. The minimum absolute atomic E-state index is 0.605. The van der Waals surface area contributed by atoms with Crippen molar-refractivity contribution in [2.75, 3.05) is 13.2 Å². The molecule has 0 N–H and O–H groups in total. The Morgan fingerprint density at radius 2 is 1.03 bits per heavy atom. The molecule has 0 aliphatic heterocycles.